The van der Waals surface area contributed by atoms with Gasteiger partial charge in [0.1, 0.15) is 36.2 Å². The fourth-order valence-electron chi connectivity index (χ4n) is 5.59. The Balaban J connectivity index is 0.958. The third-order valence-electron chi connectivity index (χ3n) is 7.94. The van der Waals surface area contributed by atoms with Crippen molar-refractivity contribution < 1.29 is 32.3 Å². The molecule has 0 radical (unpaired) electrons. The van der Waals surface area contributed by atoms with Gasteiger partial charge in [0.25, 0.3) is 0 Å². The Labute approximate surface area is 257 Å². The van der Waals surface area contributed by atoms with Crippen molar-refractivity contribution in [3.05, 3.63) is 100 Å². The van der Waals surface area contributed by atoms with E-state index in [1.165, 1.54) is 18.3 Å². The number of benzene rings is 3. The van der Waals surface area contributed by atoms with E-state index in [1.54, 1.807) is 4.57 Å². The van der Waals surface area contributed by atoms with Crippen molar-refractivity contribution >= 4 is 11.5 Å². The molecule has 1 fully saturated rings. The van der Waals surface area contributed by atoms with Crippen LogP contribution >= 0.6 is 0 Å². The Morgan fingerprint density at radius 1 is 0.956 bits per heavy atom. The van der Waals surface area contributed by atoms with Crippen molar-refractivity contribution in [1.29, 1.82) is 0 Å². The molecular formula is C32H32F3N5O5. The molecule has 13 heteroatoms. The maximum atomic E-state index is 12.8. The monoisotopic (exact) mass is 623 g/mol. The van der Waals surface area contributed by atoms with Gasteiger partial charge >= 0.3 is 18.0 Å². The van der Waals surface area contributed by atoms with Crippen LogP contribution in [-0.2, 0) is 19.3 Å². The summed E-state index contributed by atoms with van der Waals surface area (Å²) in [5.41, 5.74) is 1.53. The van der Waals surface area contributed by atoms with Gasteiger partial charge in [0, 0.05) is 55.9 Å². The van der Waals surface area contributed by atoms with Gasteiger partial charge < -0.3 is 29.2 Å². The molecule has 0 amide bonds. The highest BCUT2D eigenvalue weighted by molar-refractivity contribution is 5.50. The van der Waals surface area contributed by atoms with Gasteiger partial charge in [-0.25, -0.2) is 0 Å². The third-order valence-corrected chi connectivity index (χ3v) is 7.94. The number of nitro groups is 1. The second-order valence-corrected chi connectivity index (χ2v) is 11.2. The van der Waals surface area contributed by atoms with E-state index in [9.17, 15) is 23.3 Å². The smallest absolute Gasteiger partial charge is 0.416 e. The maximum Gasteiger partial charge on any atom is 0.416 e. The van der Waals surface area contributed by atoms with Crippen molar-refractivity contribution in [1.82, 2.24) is 14.5 Å². The Bertz CT molecular complexity index is 1610. The minimum Gasteiger partial charge on any atom is -0.490 e. The van der Waals surface area contributed by atoms with Crippen LogP contribution in [0.5, 0.6) is 23.3 Å². The zero-order chi connectivity index (χ0) is 31.6. The highest BCUT2D eigenvalue weighted by Gasteiger charge is 2.30. The first kappa shape index (κ1) is 30.3. The van der Waals surface area contributed by atoms with Crippen LogP contribution in [0.25, 0.3) is 0 Å². The maximum absolute atomic E-state index is 12.8. The molecule has 0 aliphatic carbocycles. The molecule has 236 valence electrons. The van der Waals surface area contributed by atoms with E-state index in [1.807, 2.05) is 36.4 Å². The molecule has 0 unspecified atom stereocenters. The number of halogens is 3. The van der Waals surface area contributed by atoms with Gasteiger partial charge in [0.05, 0.1) is 5.56 Å². The van der Waals surface area contributed by atoms with Gasteiger partial charge in [-0.05, 0) is 78.1 Å². The summed E-state index contributed by atoms with van der Waals surface area (Å²) in [7, 11) is 0. The van der Waals surface area contributed by atoms with E-state index in [2.05, 4.69) is 33.8 Å². The molecule has 1 saturated heterocycles. The third kappa shape index (κ3) is 7.31. The normalized spacial score (nSPS) is 18.6. The first-order chi connectivity index (χ1) is 21.6. The van der Waals surface area contributed by atoms with E-state index in [-0.39, 0.29) is 24.0 Å². The number of hydrogen-bond acceptors (Lipinski definition) is 8. The summed E-state index contributed by atoms with van der Waals surface area (Å²) in [6.07, 6.45) is -2.56. The van der Waals surface area contributed by atoms with Crippen LogP contribution in [0.2, 0.25) is 0 Å². The Hall–Kier alpha value is -4.78. The van der Waals surface area contributed by atoms with Gasteiger partial charge in [0.2, 0.25) is 0 Å². The predicted octanol–water partition coefficient (Wildman–Crippen LogP) is 6.54. The summed E-state index contributed by atoms with van der Waals surface area (Å²) in [6.45, 7) is 6.52. The number of ether oxygens (including phenoxy) is 3. The lowest BCUT2D eigenvalue weighted by Gasteiger charge is -2.41. The average molecular weight is 624 g/mol. The quantitative estimate of drug-likeness (QED) is 0.153. The summed E-state index contributed by atoms with van der Waals surface area (Å²) in [4.78, 5) is 19.1. The summed E-state index contributed by atoms with van der Waals surface area (Å²) < 4.78 is 57.5. The van der Waals surface area contributed by atoms with Gasteiger partial charge in [-0.1, -0.05) is 12.1 Å². The summed E-state index contributed by atoms with van der Waals surface area (Å²) in [5, 5.41) is 11.0. The number of rotatable bonds is 9. The summed E-state index contributed by atoms with van der Waals surface area (Å²) >= 11 is 0. The lowest BCUT2D eigenvalue weighted by atomic mass is 10.1. The van der Waals surface area contributed by atoms with E-state index >= 15 is 0 Å². The zero-order valence-corrected chi connectivity index (χ0v) is 24.5. The van der Waals surface area contributed by atoms with E-state index < -0.39 is 16.7 Å². The molecule has 2 aliphatic heterocycles. The number of hydrogen-bond donors (Lipinski definition) is 0. The van der Waals surface area contributed by atoms with Crippen molar-refractivity contribution in [3.63, 3.8) is 0 Å². The van der Waals surface area contributed by atoms with E-state index in [0.717, 1.165) is 55.3 Å². The predicted molar refractivity (Wildman–Crippen MR) is 160 cm³/mol. The van der Waals surface area contributed by atoms with Crippen molar-refractivity contribution in [2.75, 3.05) is 31.1 Å². The highest BCUT2D eigenvalue weighted by Crippen LogP contribution is 2.32. The summed E-state index contributed by atoms with van der Waals surface area (Å²) in [6, 6.07) is 20.8. The number of alkyl halides is 3. The molecule has 2 atom stereocenters. The number of fused-ring (bicyclic) bond motifs is 1. The average Bonchev–Trinajstić information content (AvgIpc) is 3.46. The molecule has 0 N–H and O–H groups in total. The number of aromatic nitrogens is 2. The van der Waals surface area contributed by atoms with E-state index in [4.69, 9.17) is 14.2 Å². The van der Waals surface area contributed by atoms with Crippen molar-refractivity contribution in [2.45, 2.75) is 44.8 Å². The molecule has 0 bridgehead atoms. The molecule has 3 aromatic carbocycles. The highest BCUT2D eigenvalue weighted by atomic mass is 19.4. The topological polar surface area (TPSA) is 95.1 Å². The van der Waals surface area contributed by atoms with Crippen LogP contribution in [0, 0.1) is 10.1 Å². The molecular weight excluding hydrogens is 591 g/mol. The SMILES string of the molecule is C[C@@H]1CN(Cc2ccc(Oc3ccc(C(F)(F)F)cc3)cc2)CCN1c1ccc(OC[C@H]2CCn3cc([N+](=O)[O-])nc3O2)cc1. The summed E-state index contributed by atoms with van der Waals surface area (Å²) in [5.74, 6) is 1.41. The van der Waals surface area contributed by atoms with Gasteiger partial charge in [-0.3, -0.25) is 9.47 Å². The van der Waals surface area contributed by atoms with Crippen molar-refractivity contribution in [3.8, 4) is 23.3 Å². The molecule has 6 rings (SSSR count). The number of imidazole rings is 1. The van der Waals surface area contributed by atoms with E-state index in [0.29, 0.717) is 31.1 Å². The van der Waals surface area contributed by atoms with Gasteiger partial charge in [0.15, 0.2) is 0 Å². The Morgan fingerprint density at radius 3 is 2.27 bits per heavy atom. The molecule has 0 spiro atoms. The molecule has 3 heterocycles. The number of piperazine rings is 1. The Morgan fingerprint density at radius 2 is 1.62 bits per heavy atom. The van der Waals surface area contributed by atoms with Crippen LogP contribution in [0.4, 0.5) is 24.7 Å². The largest absolute Gasteiger partial charge is 0.490 e. The molecule has 2 aliphatic rings. The van der Waals surface area contributed by atoms with Gasteiger partial charge in [-0.2, -0.15) is 13.2 Å². The fraction of sp³-hybridized carbons (Fsp3) is 0.344. The number of nitrogens with zero attached hydrogens (tertiary/aromatic N) is 5. The lowest BCUT2D eigenvalue weighted by molar-refractivity contribution is -0.389. The minimum atomic E-state index is -4.38. The van der Waals surface area contributed by atoms with Crippen LogP contribution in [0.3, 0.4) is 0 Å². The molecule has 10 nitrogen and oxygen atoms in total. The second kappa shape index (κ2) is 12.7. The van der Waals surface area contributed by atoms with Crippen LogP contribution in [-0.4, -0.2) is 57.8 Å². The van der Waals surface area contributed by atoms with Crippen molar-refractivity contribution in [2.24, 2.45) is 0 Å². The van der Waals surface area contributed by atoms with Crippen LogP contribution < -0.4 is 19.1 Å². The molecule has 4 aromatic rings. The molecule has 0 saturated carbocycles. The number of anilines is 1. The first-order valence-electron chi connectivity index (χ1n) is 14.6. The second-order valence-electron chi connectivity index (χ2n) is 11.2. The molecule has 1 aromatic heterocycles. The van der Waals surface area contributed by atoms with Crippen LogP contribution in [0.1, 0.15) is 24.5 Å². The van der Waals surface area contributed by atoms with Crippen LogP contribution in [0.15, 0.2) is 79.0 Å². The number of aryl methyl sites for hydroxylation is 1. The lowest BCUT2D eigenvalue weighted by Crippen LogP contribution is -2.51. The zero-order valence-electron chi connectivity index (χ0n) is 24.5. The molecule has 45 heavy (non-hydrogen) atoms. The first-order valence-corrected chi connectivity index (χ1v) is 14.6. The minimum absolute atomic E-state index is 0.224. The standard InChI is InChI=1S/C32H32F3N5O5/c1-22-18-37(19-23-2-8-27(9-3-23)44-28-10-4-24(5-11-28)32(33,34)35)16-17-39(22)25-6-12-26(13-7-25)43-21-29-14-15-38-20-30(40(41)42)36-31(38)45-29/h2-13,20,22,29H,14-19,21H2,1H3/t22-,29-/m1/s1. The Kier molecular flexibility index (Phi) is 8.52. The fourth-order valence-corrected chi connectivity index (χ4v) is 5.59. The van der Waals surface area contributed by atoms with Gasteiger partial charge in [-0.15, -0.1) is 0 Å².